The van der Waals surface area contributed by atoms with Crippen molar-refractivity contribution in [1.82, 2.24) is 97.8 Å². The smallest absolute Gasteiger partial charge is 0.264 e. The second kappa shape index (κ2) is 38.0. The Morgan fingerprint density at radius 2 is 0.669 bits per heavy atom. The van der Waals surface area contributed by atoms with Gasteiger partial charge in [-0.3, -0.25) is 56.6 Å². The number of amides is 4. The minimum absolute atomic E-state index is 0.00324. The molecule has 0 bridgehead atoms. The second-order valence-electron chi connectivity index (χ2n) is 38.2. The van der Waals surface area contributed by atoms with Crippen LogP contribution in [0.3, 0.4) is 0 Å². The first kappa shape index (κ1) is 92.4. The number of aryl methyl sites for hydroxylation is 6. The average Bonchev–Trinajstić information content (AvgIpc) is 1.62. The lowest BCUT2D eigenvalue weighted by atomic mass is 9.92. The number of aromatic nitrogens is 16. The average molecular weight is 1910 g/mol. The van der Waals surface area contributed by atoms with Gasteiger partial charge in [0.2, 0.25) is 23.6 Å². The summed E-state index contributed by atoms with van der Waals surface area (Å²) < 4.78 is 123. The fourth-order valence-electron chi connectivity index (χ4n) is 22.2. The van der Waals surface area contributed by atoms with Crippen molar-refractivity contribution >= 4 is 69.6 Å². The zero-order valence-electron chi connectivity index (χ0n) is 79.3. The Morgan fingerprint density at radius 3 is 0.964 bits per heavy atom. The Hall–Kier alpha value is -13.0. The van der Waals surface area contributed by atoms with Gasteiger partial charge in [0, 0.05) is 279 Å². The molecule has 1 N–H and O–H groups in total. The number of aliphatic hydroxyl groups is 1. The van der Waals surface area contributed by atoms with Crippen LogP contribution < -0.4 is 19.6 Å². The number of benzene rings is 4. The number of aliphatic hydroxyl groups excluding tert-OH is 1. The van der Waals surface area contributed by atoms with Crippen molar-refractivity contribution in [3.8, 4) is 44.5 Å². The zero-order valence-corrected chi connectivity index (χ0v) is 79.3. The molecule has 139 heavy (non-hydrogen) atoms. The van der Waals surface area contributed by atoms with Crippen molar-refractivity contribution in [3.63, 3.8) is 0 Å². The summed E-state index contributed by atoms with van der Waals surface area (Å²) in [6.07, 6.45) is 15.9. The maximum absolute atomic E-state index is 14.3. The van der Waals surface area contributed by atoms with Crippen LogP contribution in [0.5, 0.6) is 0 Å². The molecular formula is C100H114F6N24O9. The normalized spacial score (nSPS) is 18.7. The number of alkyl halides is 6. The second-order valence-corrected chi connectivity index (χ2v) is 38.2. The number of rotatable bonds is 16. The van der Waals surface area contributed by atoms with Gasteiger partial charge < -0.3 is 63.3 Å². The maximum atomic E-state index is 14.3. The molecule has 8 aromatic heterocycles. The lowest BCUT2D eigenvalue weighted by Crippen LogP contribution is -2.37. The van der Waals surface area contributed by atoms with Gasteiger partial charge in [0.15, 0.2) is 23.3 Å². The van der Waals surface area contributed by atoms with Gasteiger partial charge in [-0.15, -0.1) is 0 Å². The molecule has 2 atom stereocenters. The lowest BCUT2D eigenvalue weighted by molar-refractivity contribution is -0.130. The molecule has 0 spiro atoms. The number of carbonyl (C=O) groups excluding carboxylic acids is 4. The predicted octanol–water partition coefficient (Wildman–Crippen LogP) is 13.7. The van der Waals surface area contributed by atoms with Crippen molar-refractivity contribution in [2.45, 2.75) is 181 Å². The summed E-state index contributed by atoms with van der Waals surface area (Å²) in [5.41, 5.74) is 23.0. The first-order chi connectivity index (χ1) is 67.3. The molecule has 0 aliphatic carbocycles. The van der Waals surface area contributed by atoms with Gasteiger partial charge >= 0.3 is 0 Å². The molecule has 12 aliphatic rings. The van der Waals surface area contributed by atoms with Crippen molar-refractivity contribution in [2.75, 3.05) is 125 Å². The van der Waals surface area contributed by atoms with Gasteiger partial charge in [-0.25, -0.2) is 26.3 Å². The summed E-state index contributed by atoms with van der Waals surface area (Å²) in [5.74, 6) is 3.43. The summed E-state index contributed by atoms with van der Waals surface area (Å²) in [4.78, 5) is 64.6. The van der Waals surface area contributed by atoms with E-state index in [2.05, 4.69) is 61.3 Å². The molecule has 12 aromatic rings. The van der Waals surface area contributed by atoms with Crippen molar-refractivity contribution in [3.05, 3.63) is 188 Å². The highest BCUT2D eigenvalue weighted by Gasteiger charge is 2.43. The number of nitrogens with zero attached hydrogens (tertiary/aromatic N) is 24. The summed E-state index contributed by atoms with van der Waals surface area (Å²) >= 11 is 0. The molecule has 39 heteroatoms. The molecule has 24 rings (SSSR count). The minimum atomic E-state index is -2.62. The molecule has 0 radical (unpaired) electrons. The monoisotopic (exact) mass is 1910 g/mol. The predicted molar refractivity (Wildman–Crippen MR) is 504 cm³/mol. The van der Waals surface area contributed by atoms with Gasteiger partial charge in [-0.05, 0) is 144 Å². The van der Waals surface area contributed by atoms with Crippen LogP contribution >= 0.6 is 0 Å². The van der Waals surface area contributed by atoms with E-state index >= 15 is 0 Å². The molecule has 2 unspecified atom stereocenters. The van der Waals surface area contributed by atoms with Crippen LogP contribution in [0.25, 0.3) is 44.5 Å². The van der Waals surface area contributed by atoms with E-state index in [1.807, 2.05) is 66.8 Å². The third-order valence-corrected chi connectivity index (χ3v) is 29.6. The van der Waals surface area contributed by atoms with E-state index in [-0.39, 0.29) is 71.1 Å². The highest BCUT2D eigenvalue weighted by atomic mass is 19.3. The number of hydrogen-bond acceptors (Lipinski definition) is 21. The van der Waals surface area contributed by atoms with E-state index in [1.54, 1.807) is 123 Å². The first-order valence-corrected chi connectivity index (χ1v) is 48.2. The first-order valence-electron chi connectivity index (χ1n) is 48.2. The molecule has 20 heterocycles. The van der Waals surface area contributed by atoms with E-state index in [4.69, 9.17) is 39.3 Å². The summed E-state index contributed by atoms with van der Waals surface area (Å²) in [5, 5.41) is 47.3. The quantitative estimate of drug-likeness (QED) is 0.0879. The third kappa shape index (κ3) is 17.4. The molecule has 12 aliphatic heterocycles. The largest absolute Gasteiger partial charge is 0.392 e. The molecule has 33 nitrogen and oxygen atoms in total. The van der Waals surface area contributed by atoms with Gasteiger partial charge in [0.05, 0.1) is 121 Å². The number of ether oxygens (including phenoxy) is 4. The summed E-state index contributed by atoms with van der Waals surface area (Å²) in [7, 11) is 7.24. The zero-order chi connectivity index (χ0) is 96.2. The van der Waals surface area contributed by atoms with Gasteiger partial charge in [0.25, 0.3) is 19.3 Å². The molecule has 4 fully saturated rings. The Labute approximate surface area is 799 Å². The third-order valence-electron chi connectivity index (χ3n) is 29.6. The van der Waals surface area contributed by atoms with Crippen LogP contribution in [0.2, 0.25) is 0 Å². The van der Waals surface area contributed by atoms with Gasteiger partial charge in [-0.1, -0.05) is 6.07 Å². The van der Waals surface area contributed by atoms with Crippen LogP contribution in [0.4, 0.5) is 72.4 Å². The molecule has 4 amide bonds. The van der Waals surface area contributed by atoms with Gasteiger partial charge in [-0.2, -0.15) is 40.8 Å². The maximum Gasteiger partial charge on any atom is 0.264 e. The molecule has 4 aromatic carbocycles. The van der Waals surface area contributed by atoms with Crippen LogP contribution in [0.15, 0.2) is 98.1 Å². The van der Waals surface area contributed by atoms with Crippen LogP contribution in [-0.4, -0.2) is 232 Å². The van der Waals surface area contributed by atoms with E-state index in [9.17, 15) is 50.6 Å². The fourth-order valence-corrected chi connectivity index (χ4v) is 22.2. The van der Waals surface area contributed by atoms with Crippen molar-refractivity contribution in [2.24, 2.45) is 28.2 Å². The standard InChI is InChI=1S/C26H30F2N6O2.C25H28F2N6O2.C25H30N6O3.C24H26F2N6O2/c1-16(35)32-8-5-23-22(14-32)26(30-34(23)19-6-9-36-15-19)33-7-3-4-17-10-20(18-12-29-31(2)13-18)21(25(27)28)11-24(17)33;1-15(34)31-7-5-22-21(12-31)25(29-33(22)18-13-35-14-18)32-6-3-4-16-8-19(17-10-28-30(2)11-17)20(24(26)27)9-23(16)32;1-16(33)29-8-6-24-21(13-29)25(27-31(24)18-7-10-34-15-18)30-9-5-20-22(14-32)19(3-4-23(20)30)17-11-26-28(2)12-17;1-14(33)30-5-4-21-20(11-30)24(28-32(21)17-12-34-13-17)31-6-3-15-7-18(16-9-27-29(2)10-16)19(23(25)26)8-22(15)31/h10-13,19,25H,3-9,14-15H2,1-2H3;8-11,18,24H,3-7,12-14H2,1-2H3;3-4,11-12,18,32H,5-10,13-15H2,1-2H3;7-10,17,23H,3-6,11-13H2,1-2H3. The van der Waals surface area contributed by atoms with E-state index < -0.39 is 19.3 Å². The molecule has 0 saturated carbocycles. The fraction of sp³-hybridized carbons (Fsp3) is 0.480. The number of carbonyl (C=O) groups is 4. The number of fused-ring (bicyclic) bond motifs is 8. The van der Waals surface area contributed by atoms with Crippen LogP contribution in [0, 0.1) is 0 Å². The van der Waals surface area contributed by atoms with Gasteiger partial charge in [0.1, 0.15) is 0 Å². The van der Waals surface area contributed by atoms with Crippen LogP contribution in [-0.2, 0) is 150 Å². The van der Waals surface area contributed by atoms with Crippen LogP contribution in [0.1, 0.15) is 186 Å². The van der Waals surface area contributed by atoms with E-state index in [0.29, 0.717) is 145 Å². The molecule has 730 valence electrons. The SMILES string of the molecule is CC(=O)N1CCc2c(c(N3CCCc4cc(-c5cnn(C)c5)c(C(F)F)cc43)nn2C2CCOC2)C1.CC(=O)N1CCc2c(c(N3CCCc4cc(-c5cnn(C)c5)c(C(F)F)cc43)nn2C2COC2)C1.CC(=O)N1CCc2c(c(N3CCc4c3ccc(-c3cnn(C)c3)c4CO)nn2C2CCOC2)C1.CC(=O)N1CCc2c(c(N3CCc4cc(-c5cnn(C)c5)c(C(F)F)cc43)nn2C2COC2)C1. The Kier molecular flexibility index (Phi) is 25.2. The summed E-state index contributed by atoms with van der Waals surface area (Å²) in [6, 6.07) is 15.5. The highest BCUT2D eigenvalue weighted by Crippen LogP contribution is 2.51. The minimum Gasteiger partial charge on any atom is -0.392 e. The Bertz CT molecular complexity index is 6720. The highest BCUT2D eigenvalue weighted by molar-refractivity contribution is 5.84. The number of anilines is 8. The van der Waals surface area contributed by atoms with E-state index in [0.717, 1.165) is 221 Å². The van der Waals surface area contributed by atoms with Crippen molar-refractivity contribution in [1.29, 1.82) is 0 Å². The lowest BCUT2D eigenvalue weighted by Gasteiger charge is -2.33. The summed E-state index contributed by atoms with van der Waals surface area (Å²) in [6.45, 7) is 19.1. The van der Waals surface area contributed by atoms with E-state index in [1.165, 1.54) is 5.69 Å². The number of halogens is 6. The Morgan fingerprint density at radius 1 is 0.360 bits per heavy atom. The number of hydrogen-bond donors (Lipinski definition) is 1. The molecule has 4 saturated heterocycles. The van der Waals surface area contributed by atoms with Crippen molar-refractivity contribution < 1.29 is 69.6 Å². The topological polar surface area (TPSA) is 294 Å². The Balaban J connectivity index is 0.000000110. The molecular weight excluding hydrogens is 1800 g/mol.